The molecule has 1 saturated heterocycles. The van der Waals surface area contributed by atoms with Crippen LogP contribution in [0.2, 0.25) is 0 Å². The first kappa shape index (κ1) is 20.1. The van der Waals surface area contributed by atoms with Crippen LogP contribution in [-0.4, -0.2) is 29.8 Å². The van der Waals surface area contributed by atoms with E-state index in [2.05, 4.69) is 0 Å². The molecule has 0 aromatic heterocycles. The number of halogens is 1. The highest BCUT2D eigenvalue weighted by Crippen LogP contribution is 2.38. The van der Waals surface area contributed by atoms with E-state index in [1.807, 2.05) is 38.1 Å². The number of amides is 2. The van der Waals surface area contributed by atoms with Crippen LogP contribution in [0.3, 0.4) is 0 Å². The van der Waals surface area contributed by atoms with E-state index in [1.165, 1.54) is 6.07 Å². The van der Waals surface area contributed by atoms with Gasteiger partial charge in [-0.15, -0.1) is 0 Å². The molecule has 1 heterocycles. The van der Waals surface area contributed by atoms with Gasteiger partial charge in [0.25, 0.3) is 0 Å². The Kier molecular flexibility index (Phi) is 5.82. The number of primary amides is 1. The summed E-state index contributed by atoms with van der Waals surface area (Å²) < 4.78 is 14.4. The van der Waals surface area contributed by atoms with Crippen molar-refractivity contribution in [3.63, 3.8) is 0 Å². The molecule has 4 nitrogen and oxygen atoms in total. The summed E-state index contributed by atoms with van der Waals surface area (Å²) in [6.07, 6.45) is 1.37. The first-order valence-corrected chi connectivity index (χ1v) is 9.73. The second kappa shape index (κ2) is 8.13. The highest BCUT2D eigenvalue weighted by atomic mass is 19.1. The second-order valence-electron chi connectivity index (χ2n) is 8.12. The van der Waals surface area contributed by atoms with E-state index < -0.39 is 11.3 Å². The lowest BCUT2D eigenvalue weighted by atomic mass is 9.78. The van der Waals surface area contributed by atoms with Gasteiger partial charge in [-0.25, -0.2) is 4.39 Å². The summed E-state index contributed by atoms with van der Waals surface area (Å²) in [6, 6.07) is 14.1. The Morgan fingerprint density at radius 1 is 1.11 bits per heavy atom. The quantitative estimate of drug-likeness (QED) is 0.826. The molecule has 5 heteroatoms. The Labute approximate surface area is 165 Å². The van der Waals surface area contributed by atoms with Gasteiger partial charge in [-0.2, -0.15) is 0 Å². The number of nitrogens with zero attached hydrogens (tertiary/aromatic N) is 1. The van der Waals surface area contributed by atoms with Gasteiger partial charge in [0.15, 0.2) is 0 Å². The molecule has 1 unspecified atom stereocenters. The van der Waals surface area contributed by atoms with Crippen LogP contribution in [-0.2, 0) is 16.0 Å². The molecule has 0 radical (unpaired) electrons. The number of carbonyl (C=O) groups is 2. The van der Waals surface area contributed by atoms with Gasteiger partial charge in [0.2, 0.25) is 11.8 Å². The molecule has 2 aromatic rings. The fourth-order valence-electron chi connectivity index (χ4n) is 3.98. The molecule has 3 rings (SSSR count). The molecule has 1 fully saturated rings. The van der Waals surface area contributed by atoms with Gasteiger partial charge in [-0.1, -0.05) is 56.3 Å². The van der Waals surface area contributed by atoms with E-state index in [-0.39, 0.29) is 17.6 Å². The minimum Gasteiger partial charge on any atom is -0.369 e. The summed E-state index contributed by atoms with van der Waals surface area (Å²) in [4.78, 5) is 26.7. The molecular weight excluding hydrogens is 355 g/mol. The zero-order valence-electron chi connectivity index (χ0n) is 16.5. The summed E-state index contributed by atoms with van der Waals surface area (Å²) in [7, 11) is 0. The highest BCUT2D eigenvalue weighted by Gasteiger charge is 2.45. The summed E-state index contributed by atoms with van der Waals surface area (Å²) >= 11 is 0. The number of hydrogen-bond acceptors (Lipinski definition) is 2. The monoisotopic (exact) mass is 382 g/mol. The summed E-state index contributed by atoms with van der Waals surface area (Å²) in [5.41, 5.74) is 7.11. The molecule has 1 atom stereocenters. The molecule has 2 amide bonds. The van der Waals surface area contributed by atoms with Crippen molar-refractivity contribution in [1.29, 1.82) is 0 Å². The van der Waals surface area contributed by atoms with Crippen molar-refractivity contribution in [2.75, 3.05) is 13.1 Å². The minimum atomic E-state index is -0.825. The van der Waals surface area contributed by atoms with Crippen molar-refractivity contribution in [2.24, 2.45) is 17.1 Å². The van der Waals surface area contributed by atoms with Gasteiger partial charge >= 0.3 is 0 Å². The number of likely N-dealkylation sites (tertiary alicyclic amines) is 1. The number of nitrogens with two attached hydrogens (primary N) is 1. The summed E-state index contributed by atoms with van der Waals surface area (Å²) in [5.74, 6) is -0.391. The Hall–Kier alpha value is -2.69. The molecule has 0 spiro atoms. The Morgan fingerprint density at radius 3 is 2.39 bits per heavy atom. The van der Waals surface area contributed by atoms with Gasteiger partial charge in [0.05, 0.1) is 5.41 Å². The fourth-order valence-corrected chi connectivity index (χ4v) is 3.98. The first-order valence-electron chi connectivity index (χ1n) is 9.73. The van der Waals surface area contributed by atoms with Crippen LogP contribution in [0.1, 0.15) is 32.3 Å². The van der Waals surface area contributed by atoms with Crippen molar-refractivity contribution < 1.29 is 14.0 Å². The number of carbonyl (C=O) groups excluding carboxylic acids is 2. The van der Waals surface area contributed by atoms with E-state index in [0.717, 1.165) is 11.1 Å². The van der Waals surface area contributed by atoms with Crippen LogP contribution in [0.15, 0.2) is 48.5 Å². The van der Waals surface area contributed by atoms with Crippen LogP contribution in [0.4, 0.5) is 4.39 Å². The number of rotatable bonds is 6. The molecule has 2 N–H and O–H groups in total. The van der Waals surface area contributed by atoms with Crippen LogP contribution in [0.5, 0.6) is 0 Å². The molecule has 0 bridgehead atoms. The molecule has 28 heavy (non-hydrogen) atoms. The topological polar surface area (TPSA) is 63.4 Å². The van der Waals surface area contributed by atoms with Gasteiger partial charge < -0.3 is 10.6 Å². The fraction of sp³-hybridized carbons (Fsp3) is 0.391. The lowest BCUT2D eigenvalue weighted by Crippen LogP contribution is -2.42. The largest absolute Gasteiger partial charge is 0.369 e. The standard InChI is InChI=1S/C23H27FN2O2/c1-16(2)13-21(27)26-12-11-23(15-26,22(25)28)14-17-7-3-4-8-18(17)19-9-5-6-10-20(19)24/h3-10,16H,11-15H2,1-2H3,(H2,25,28). The lowest BCUT2D eigenvalue weighted by molar-refractivity contribution is -0.132. The van der Waals surface area contributed by atoms with Crippen molar-refractivity contribution in [3.8, 4) is 11.1 Å². The number of benzene rings is 2. The van der Waals surface area contributed by atoms with Crippen LogP contribution < -0.4 is 5.73 Å². The maximum Gasteiger partial charge on any atom is 0.225 e. The normalized spacial score (nSPS) is 19.2. The van der Waals surface area contributed by atoms with Crippen molar-refractivity contribution in [3.05, 3.63) is 59.9 Å². The average molecular weight is 382 g/mol. The van der Waals surface area contributed by atoms with E-state index in [9.17, 15) is 14.0 Å². The molecular formula is C23H27FN2O2. The SMILES string of the molecule is CC(C)CC(=O)N1CCC(Cc2ccccc2-c2ccccc2F)(C(N)=O)C1. The van der Waals surface area contributed by atoms with Crippen molar-refractivity contribution in [2.45, 2.75) is 33.1 Å². The third kappa shape index (κ3) is 4.08. The van der Waals surface area contributed by atoms with E-state index in [4.69, 9.17) is 5.73 Å². The smallest absolute Gasteiger partial charge is 0.225 e. The third-order valence-electron chi connectivity index (χ3n) is 5.52. The van der Waals surface area contributed by atoms with Crippen molar-refractivity contribution >= 4 is 11.8 Å². The van der Waals surface area contributed by atoms with E-state index in [0.29, 0.717) is 37.9 Å². The zero-order valence-corrected chi connectivity index (χ0v) is 16.5. The maximum absolute atomic E-state index is 14.4. The lowest BCUT2D eigenvalue weighted by Gasteiger charge is -2.27. The van der Waals surface area contributed by atoms with Crippen LogP contribution in [0, 0.1) is 17.2 Å². The Balaban J connectivity index is 1.90. The Morgan fingerprint density at radius 2 is 1.75 bits per heavy atom. The van der Waals surface area contributed by atoms with E-state index in [1.54, 1.807) is 23.1 Å². The Bertz CT molecular complexity index is 880. The van der Waals surface area contributed by atoms with Crippen LogP contribution in [0.25, 0.3) is 11.1 Å². The van der Waals surface area contributed by atoms with E-state index >= 15 is 0 Å². The van der Waals surface area contributed by atoms with Gasteiger partial charge in [0, 0.05) is 25.1 Å². The minimum absolute atomic E-state index is 0.0560. The number of hydrogen-bond donors (Lipinski definition) is 1. The van der Waals surface area contributed by atoms with Gasteiger partial charge in [-0.3, -0.25) is 9.59 Å². The molecule has 1 aliphatic rings. The summed E-state index contributed by atoms with van der Waals surface area (Å²) in [5, 5.41) is 0. The second-order valence-corrected chi connectivity index (χ2v) is 8.12. The third-order valence-corrected chi connectivity index (χ3v) is 5.52. The van der Waals surface area contributed by atoms with Gasteiger partial charge in [0.1, 0.15) is 5.82 Å². The predicted octanol–water partition coefficient (Wildman–Crippen LogP) is 3.79. The average Bonchev–Trinajstić information content (AvgIpc) is 3.08. The first-order chi connectivity index (χ1) is 13.3. The summed E-state index contributed by atoms with van der Waals surface area (Å²) in [6.45, 7) is 4.84. The maximum atomic E-state index is 14.4. The molecule has 1 aliphatic heterocycles. The zero-order chi connectivity index (χ0) is 20.3. The van der Waals surface area contributed by atoms with Gasteiger partial charge in [-0.05, 0) is 36.0 Å². The molecule has 2 aromatic carbocycles. The van der Waals surface area contributed by atoms with Crippen LogP contribution >= 0.6 is 0 Å². The van der Waals surface area contributed by atoms with Crippen molar-refractivity contribution in [1.82, 2.24) is 4.90 Å². The molecule has 148 valence electrons. The predicted molar refractivity (Wildman–Crippen MR) is 108 cm³/mol. The highest BCUT2D eigenvalue weighted by molar-refractivity contribution is 5.85. The molecule has 0 saturated carbocycles. The molecule has 0 aliphatic carbocycles.